The van der Waals surface area contributed by atoms with Crippen molar-refractivity contribution in [3.05, 3.63) is 70.4 Å². The van der Waals surface area contributed by atoms with Gasteiger partial charge in [0.25, 0.3) is 5.91 Å². The standard InChI is InChI=1S/C20H20N2O/c1-12-9-10-13(2)18(11-12)22-20(23)19-14(3)16-7-5-6-8-17(16)21-15(19)4/h5-11H,1-4H3,(H,22,23). The van der Waals surface area contributed by atoms with Crippen molar-refractivity contribution in [2.24, 2.45) is 0 Å². The van der Waals surface area contributed by atoms with Crippen LogP contribution in [0, 0.1) is 27.7 Å². The van der Waals surface area contributed by atoms with E-state index in [1.54, 1.807) is 0 Å². The van der Waals surface area contributed by atoms with Gasteiger partial charge in [0.2, 0.25) is 0 Å². The molecule has 0 fully saturated rings. The second kappa shape index (κ2) is 5.84. The first-order valence-electron chi connectivity index (χ1n) is 7.72. The summed E-state index contributed by atoms with van der Waals surface area (Å²) in [6, 6.07) is 14.0. The van der Waals surface area contributed by atoms with Gasteiger partial charge >= 0.3 is 0 Å². The molecule has 0 radical (unpaired) electrons. The van der Waals surface area contributed by atoms with E-state index >= 15 is 0 Å². The maximum atomic E-state index is 12.8. The van der Waals surface area contributed by atoms with Crippen LogP contribution in [0.3, 0.4) is 0 Å². The Morgan fingerprint density at radius 2 is 1.74 bits per heavy atom. The molecule has 0 bridgehead atoms. The highest BCUT2D eigenvalue weighted by Gasteiger charge is 2.17. The Balaban J connectivity index is 2.06. The topological polar surface area (TPSA) is 42.0 Å². The molecule has 2 aromatic carbocycles. The SMILES string of the molecule is Cc1ccc(C)c(NC(=O)c2c(C)nc3ccccc3c2C)c1. The zero-order valence-corrected chi connectivity index (χ0v) is 13.9. The van der Waals surface area contributed by atoms with E-state index in [0.29, 0.717) is 5.56 Å². The van der Waals surface area contributed by atoms with E-state index in [4.69, 9.17) is 0 Å². The largest absolute Gasteiger partial charge is 0.322 e. The van der Waals surface area contributed by atoms with E-state index in [-0.39, 0.29) is 5.91 Å². The van der Waals surface area contributed by atoms with Gasteiger partial charge in [0, 0.05) is 11.1 Å². The van der Waals surface area contributed by atoms with Gasteiger partial charge in [0.05, 0.1) is 16.8 Å². The maximum Gasteiger partial charge on any atom is 0.257 e. The third-order valence-corrected chi connectivity index (χ3v) is 4.20. The van der Waals surface area contributed by atoms with Gasteiger partial charge in [0.1, 0.15) is 0 Å². The summed E-state index contributed by atoms with van der Waals surface area (Å²) in [5.41, 5.74) is 6.32. The van der Waals surface area contributed by atoms with Crippen molar-refractivity contribution in [2.45, 2.75) is 27.7 Å². The van der Waals surface area contributed by atoms with Gasteiger partial charge in [-0.05, 0) is 56.5 Å². The van der Waals surface area contributed by atoms with Gasteiger partial charge in [-0.15, -0.1) is 0 Å². The van der Waals surface area contributed by atoms with E-state index in [2.05, 4.69) is 10.3 Å². The summed E-state index contributed by atoms with van der Waals surface area (Å²) in [6.45, 7) is 7.88. The fourth-order valence-electron chi connectivity index (χ4n) is 2.92. The number of pyridine rings is 1. The van der Waals surface area contributed by atoms with Crippen molar-refractivity contribution < 1.29 is 4.79 Å². The molecule has 0 saturated heterocycles. The number of anilines is 1. The lowest BCUT2D eigenvalue weighted by Crippen LogP contribution is -2.17. The minimum absolute atomic E-state index is 0.105. The number of aromatic nitrogens is 1. The van der Waals surface area contributed by atoms with Crippen LogP contribution < -0.4 is 5.32 Å². The van der Waals surface area contributed by atoms with Crippen molar-refractivity contribution in [1.29, 1.82) is 0 Å². The predicted octanol–water partition coefficient (Wildman–Crippen LogP) is 4.72. The first-order valence-corrected chi connectivity index (χ1v) is 7.72. The van der Waals surface area contributed by atoms with E-state index in [0.717, 1.165) is 39.0 Å². The molecule has 1 aromatic heterocycles. The number of fused-ring (bicyclic) bond motifs is 1. The van der Waals surface area contributed by atoms with Crippen LogP contribution in [0.5, 0.6) is 0 Å². The molecule has 3 heteroatoms. The monoisotopic (exact) mass is 304 g/mol. The van der Waals surface area contributed by atoms with Crippen molar-refractivity contribution in [1.82, 2.24) is 4.98 Å². The van der Waals surface area contributed by atoms with Gasteiger partial charge < -0.3 is 5.32 Å². The summed E-state index contributed by atoms with van der Waals surface area (Å²) in [5.74, 6) is -0.105. The Morgan fingerprint density at radius 1 is 1.00 bits per heavy atom. The zero-order chi connectivity index (χ0) is 16.6. The molecule has 3 nitrogen and oxygen atoms in total. The maximum absolute atomic E-state index is 12.8. The average molecular weight is 304 g/mol. The van der Waals surface area contributed by atoms with Crippen LogP contribution in [0.25, 0.3) is 10.9 Å². The number of rotatable bonds is 2. The van der Waals surface area contributed by atoms with Crippen molar-refractivity contribution in [2.75, 3.05) is 5.32 Å². The average Bonchev–Trinajstić information content (AvgIpc) is 2.51. The summed E-state index contributed by atoms with van der Waals surface area (Å²) in [6.07, 6.45) is 0. The molecule has 0 aliphatic carbocycles. The van der Waals surface area contributed by atoms with Crippen LogP contribution in [-0.2, 0) is 0 Å². The number of benzene rings is 2. The minimum atomic E-state index is -0.105. The Bertz CT molecular complexity index is 913. The number of amides is 1. The molecular weight excluding hydrogens is 284 g/mol. The number of nitrogens with zero attached hydrogens (tertiary/aromatic N) is 1. The Kier molecular flexibility index (Phi) is 3.87. The number of aryl methyl sites for hydroxylation is 4. The summed E-state index contributed by atoms with van der Waals surface area (Å²) in [7, 11) is 0. The first-order chi connectivity index (χ1) is 11.0. The van der Waals surface area contributed by atoms with E-state index < -0.39 is 0 Å². The minimum Gasteiger partial charge on any atom is -0.322 e. The third kappa shape index (κ3) is 2.82. The quantitative estimate of drug-likeness (QED) is 0.744. The molecular formula is C20H20N2O. The Morgan fingerprint density at radius 3 is 2.52 bits per heavy atom. The van der Waals surface area contributed by atoms with Gasteiger partial charge in [-0.3, -0.25) is 9.78 Å². The number of carbonyl (C=O) groups is 1. The van der Waals surface area contributed by atoms with Crippen molar-refractivity contribution in [3.8, 4) is 0 Å². The lowest BCUT2D eigenvalue weighted by molar-refractivity contribution is 0.102. The normalized spacial score (nSPS) is 10.8. The fraction of sp³-hybridized carbons (Fsp3) is 0.200. The summed E-state index contributed by atoms with van der Waals surface area (Å²) < 4.78 is 0. The second-order valence-corrected chi connectivity index (χ2v) is 5.99. The molecule has 0 saturated carbocycles. The molecule has 23 heavy (non-hydrogen) atoms. The molecule has 0 aliphatic heterocycles. The Labute approximate surface area is 136 Å². The molecule has 1 N–H and O–H groups in total. The van der Waals surface area contributed by atoms with E-state index in [9.17, 15) is 4.79 Å². The number of hydrogen-bond acceptors (Lipinski definition) is 2. The third-order valence-electron chi connectivity index (χ3n) is 4.20. The van der Waals surface area contributed by atoms with Crippen molar-refractivity contribution in [3.63, 3.8) is 0 Å². The summed E-state index contributed by atoms with van der Waals surface area (Å²) >= 11 is 0. The molecule has 0 spiro atoms. The molecule has 3 rings (SSSR count). The number of hydrogen-bond donors (Lipinski definition) is 1. The van der Waals surface area contributed by atoms with Gasteiger partial charge in [0.15, 0.2) is 0 Å². The molecule has 1 heterocycles. The second-order valence-electron chi connectivity index (χ2n) is 5.99. The van der Waals surface area contributed by atoms with Crippen LogP contribution in [0.15, 0.2) is 42.5 Å². The number of carbonyl (C=O) groups excluding carboxylic acids is 1. The molecule has 1 amide bonds. The summed E-state index contributed by atoms with van der Waals surface area (Å²) in [5, 5.41) is 4.05. The number of nitrogens with one attached hydrogen (secondary N) is 1. The molecule has 0 aliphatic rings. The zero-order valence-electron chi connectivity index (χ0n) is 13.9. The van der Waals surface area contributed by atoms with Crippen LogP contribution in [0.2, 0.25) is 0 Å². The van der Waals surface area contributed by atoms with Crippen LogP contribution in [0.4, 0.5) is 5.69 Å². The van der Waals surface area contributed by atoms with Gasteiger partial charge in [-0.25, -0.2) is 0 Å². The van der Waals surface area contributed by atoms with Crippen molar-refractivity contribution >= 4 is 22.5 Å². The van der Waals surface area contributed by atoms with Gasteiger partial charge in [-0.1, -0.05) is 30.3 Å². The predicted molar refractivity (Wildman–Crippen MR) is 95.1 cm³/mol. The fourth-order valence-corrected chi connectivity index (χ4v) is 2.92. The van der Waals surface area contributed by atoms with E-state index in [1.165, 1.54) is 0 Å². The lowest BCUT2D eigenvalue weighted by Gasteiger charge is -2.14. The highest BCUT2D eigenvalue weighted by molar-refractivity contribution is 6.08. The van der Waals surface area contributed by atoms with Gasteiger partial charge in [-0.2, -0.15) is 0 Å². The Hall–Kier alpha value is -2.68. The van der Waals surface area contributed by atoms with Crippen LogP contribution in [0.1, 0.15) is 32.7 Å². The molecule has 116 valence electrons. The first kappa shape index (κ1) is 15.2. The number of para-hydroxylation sites is 1. The molecule has 0 atom stereocenters. The molecule has 0 unspecified atom stereocenters. The van der Waals surface area contributed by atoms with Crippen LogP contribution >= 0.6 is 0 Å². The summed E-state index contributed by atoms with van der Waals surface area (Å²) in [4.78, 5) is 17.4. The highest BCUT2D eigenvalue weighted by atomic mass is 16.1. The lowest BCUT2D eigenvalue weighted by atomic mass is 10.0. The van der Waals surface area contributed by atoms with Crippen LogP contribution in [-0.4, -0.2) is 10.9 Å². The highest BCUT2D eigenvalue weighted by Crippen LogP contribution is 2.24. The smallest absolute Gasteiger partial charge is 0.257 e. The molecule has 3 aromatic rings. The van der Waals surface area contributed by atoms with E-state index in [1.807, 2.05) is 70.2 Å².